The van der Waals surface area contributed by atoms with Crippen LogP contribution in [0.1, 0.15) is 39.3 Å². The molecule has 0 saturated carbocycles. The zero-order chi connectivity index (χ0) is 17.9. The Balaban J connectivity index is 2.60. The van der Waals surface area contributed by atoms with Gasteiger partial charge in [0.05, 0.1) is 24.7 Å². The lowest BCUT2D eigenvalue weighted by molar-refractivity contribution is -0.145. The summed E-state index contributed by atoms with van der Waals surface area (Å²) in [5, 5.41) is 0. The van der Waals surface area contributed by atoms with Gasteiger partial charge >= 0.3 is 11.9 Å². The van der Waals surface area contributed by atoms with E-state index in [9.17, 15) is 9.59 Å². The van der Waals surface area contributed by atoms with E-state index in [2.05, 4.69) is 9.98 Å². The molecule has 2 atom stereocenters. The van der Waals surface area contributed by atoms with Crippen LogP contribution in [0.4, 0.5) is 0 Å². The minimum atomic E-state index is -0.705. The molecule has 0 spiro atoms. The summed E-state index contributed by atoms with van der Waals surface area (Å²) in [6.07, 6.45) is 1.36. The van der Waals surface area contributed by atoms with Crippen LogP contribution in [0.25, 0.3) is 0 Å². The molecule has 2 unspecified atom stereocenters. The molecule has 0 amide bonds. The lowest BCUT2D eigenvalue weighted by Crippen LogP contribution is -2.36. The third kappa shape index (κ3) is 3.53. The lowest BCUT2D eigenvalue weighted by Gasteiger charge is -2.30. The second-order valence-electron chi connectivity index (χ2n) is 5.94. The van der Waals surface area contributed by atoms with Crippen molar-refractivity contribution < 1.29 is 19.1 Å². The first kappa shape index (κ1) is 17.8. The molecule has 0 N–H and O–H groups in total. The summed E-state index contributed by atoms with van der Waals surface area (Å²) in [5.41, 5.74) is 2.09. The average Bonchev–Trinajstić information content (AvgIpc) is 2.53. The molecule has 1 aliphatic rings. The maximum atomic E-state index is 12.6. The molecule has 24 heavy (non-hydrogen) atoms. The second-order valence-corrected chi connectivity index (χ2v) is 5.94. The number of nitrogens with zero attached hydrogens (tertiary/aromatic N) is 2. The number of allylic oxidation sites excluding steroid dienone is 1. The number of hydrogen-bond donors (Lipinski definition) is 0. The minimum Gasteiger partial charge on any atom is -0.468 e. The quantitative estimate of drug-likeness (QED) is 0.793. The smallest absolute Gasteiger partial charge is 0.336 e. The van der Waals surface area contributed by atoms with Crippen LogP contribution in [0, 0.1) is 5.92 Å². The first-order valence-corrected chi connectivity index (χ1v) is 7.82. The Morgan fingerprint density at radius 1 is 1.21 bits per heavy atom. The number of aromatic nitrogens is 1. The number of esters is 2. The highest BCUT2D eigenvalue weighted by Crippen LogP contribution is 2.39. The number of pyridine rings is 1. The zero-order valence-electron chi connectivity index (χ0n) is 14.6. The van der Waals surface area contributed by atoms with Crippen LogP contribution < -0.4 is 0 Å². The number of ether oxygens (including phenoxy) is 2. The summed E-state index contributed by atoms with van der Waals surface area (Å²) in [4.78, 5) is 33.7. The van der Waals surface area contributed by atoms with Gasteiger partial charge in [0, 0.05) is 23.3 Å². The topological polar surface area (TPSA) is 77.8 Å². The van der Waals surface area contributed by atoms with Crippen molar-refractivity contribution in [2.75, 3.05) is 7.11 Å². The highest BCUT2D eigenvalue weighted by molar-refractivity contribution is 6.06. The summed E-state index contributed by atoms with van der Waals surface area (Å²) in [6.45, 7) is 7.05. The highest BCUT2D eigenvalue weighted by atomic mass is 16.5. The van der Waals surface area contributed by atoms with Gasteiger partial charge in [0.2, 0.25) is 0 Å². The van der Waals surface area contributed by atoms with Crippen molar-refractivity contribution in [3.8, 4) is 0 Å². The maximum Gasteiger partial charge on any atom is 0.336 e. The summed E-state index contributed by atoms with van der Waals surface area (Å²) in [5.74, 6) is -2.22. The Labute approximate surface area is 141 Å². The van der Waals surface area contributed by atoms with Gasteiger partial charge < -0.3 is 9.47 Å². The fourth-order valence-corrected chi connectivity index (χ4v) is 2.89. The molecule has 1 aliphatic heterocycles. The van der Waals surface area contributed by atoms with Gasteiger partial charge in [0.25, 0.3) is 0 Å². The summed E-state index contributed by atoms with van der Waals surface area (Å²) >= 11 is 0. The molecule has 1 aromatic heterocycles. The molecule has 0 aromatic carbocycles. The Bertz CT molecular complexity index is 692. The first-order valence-electron chi connectivity index (χ1n) is 7.82. The van der Waals surface area contributed by atoms with E-state index >= 15 is 0 Å². The molecule has 0 bridgehead atoms. The van der Waals surface area contributed by atoms with Crippen LogP contribution in [-0.4, -0.2) is 35.8 Å². The number of aliphatic imine (C=N–C) groups is 1. The normalized spacial score (nSPS) is 20.7. The summed E-state index contributed by atoms with van der Waals surface area (Å²) < 4.78 is 10.3. The van der Waals surface area contributed by atoms with E-state index in [-0.39, 0.29) is 6.10 Å². The van der Waals surface area contributed by atoms with Crippen molar-refractivity contribution in [3.05, 3.63) is 41.4 Å². The Hall–Kier alpha value is -2.50. The molecule has 2 heterocycles. The van der Waals surface area contributed by atoms with Gasteiger partial charge in [-0.3, -0.25) is 14.8 Å². The van der Waals surface area contributed by atoms with Crippen molar-refractivity contribution in [2.24, 2.45) is 10.9 Å². The van der Waals surface area contributed by atoms with E-state index in [4.69, 9.17) is 9.47 Å². The highest BCUT2D eigenvalue weighted by Gasteiger charge is 2.43. The van der Waals surface area contributed by atoms with Crippen LogP contribution in [0.3, 0.4) is 0 Å². The van der Waals surface area contributed by atoms with Crippen LogP contribution in [0.15, 0.2) is 40.7 Å². The van der Waals surface area contributed by atoms with Crippen LogP contribution in [-0.2, 0) is 19.1 Å². The molecule has 0 saturated heterocycles. The van der Waals surface area contributed by atoms with E-state index in [0.717, 1.165) is 0 Å². The maximum absolute atomic E-state index is 12.6. The monoisotopic (exact) mass is 330 g/mol. The molecular formula is C18H22N2O4. The van der Waals surface area contributed by atoms with E-state index in [0.29, 0.717) is 22.7 Å². The fourth-order valence-electron chi connectivity index (χ4n) is 2.89. The molecule has 0 fully saturated rings. The van der Waals surface area contributed by atoms with Gasteiger partial charge in [-0.15, -0.1) is 0 Å². The molecule has 0 radical (unpaired) electrons. The summed E-state index contributed by atoms with van der Waals surface area (Å²) in [6, 6.07) is 5.39. The Morgan fingerprint density at radius 2 is 1.92 bits per heavy atom. The van der Waals surface area contributed by atoms with E-state index in [1.165, 1.54) is 7.11 Å². The van der Waals surface area contributed by atoms with Crippen molar-refractivity contribution in [1.29, 1.82) is 0 Å². The average molecular weight is 330 g/mol. The largest absolute Gasteiger partial charge is 0.468 e. The zero-order valence-corrected chi connectivity index (χ0v) is 14.6. The van der Waals surface area contributed by atoms with Crippen molar-refractivity contribution >= 4 is 17.7 Å². The Kier molecular flexibility index (Phi) is 5.49. The Morgan fingerprint density at radius 3 is 2.46 bits per heavy atom. The molecule has 6 heteroatoms. The first-order chi connectivity index (χ1) is 11.4. The minimum absolute atomic E-state index is 0.272. The fraction of sp³-hybridized carbons (Fsp3) is 0.444. The SMILES string of the molecule is COC(=O)C1C(C)=NC(C)=C(C(=O)OC(C)C)C1c1ccccn1. The van der Waals surface area contributed by atoms with Crippen LogP contribution >= 0.6 is 0 Å². The van der Waals surface area contributed by atoms with Gasteiger partial charge in [-0.25, -0.2) is 4.79 Å². The molecule has 0 aliphatic carbocycles. The predicted molar refractivity (Wildman–Crippen MR) is 89.5 cm³/mol. The van der Waals surface area contributed by atoms with Gasteiger partial charge in [-0.2, -0.15) is 0 Å². The third-order valence-corrected chi connectivity index (χ3v) is 3.85. The molecule has 128 valence electrons. The van der Waals surface area contributed by atoms with E-state index < -0.39 is 23.8 Å². The van der Waals surface area contributed by atoms with Crippen molar-refractivity contribution in [2.45, 2.75) is 39.7 Å². The number of methoxy groups -OCH3 is 1. The number of rotatable bonds is 4. The predicted octanol–water partition coefficient (Wildman–Crippen LogP) is 2.65. The van der Waals surface area contributed by atoms with E-state index in [1.807, 2.05) is 6.07 Å². The standard InChI is InChI=1S/C18H22N2O4/c1-10(2)24-18(22)15-12(4)20-11(3)14(17(21)23-5)16(15)13-8-6-7-9-19-13/h6-10,14,16H,1-5H3. The molecule has 2 rings (SSSR count). The van der Waals surface area contributed by atoms with Gasteiger partial charge in [0.15, 0.2) is 0 Å². The van der Waals surface area contributed by atoms with Gasteiger partial charge in [-0.1, -0.05) is 6.07 Å². The van der Waals surface area contributed by atoms with Crippen LogP contribution in [0.5, 0.6) is 0 Å². The van der Waals surface area contributed by atoms with Gasteiger partial charge in [-0.05, 0) is 39.8 Å². The molecule has 1 aromatic rings. The number of carbonyl (C=O) groups excluding carboxylic acids is 2. The summed E-state index contributed by atoms with van der Waals surface area (Å²) in [7, 11) is 1.32. The number of carbonyl (C=O) groups is 2. The van der Waals surface area contributed by atoms with E-state index in [1.54, 1.807) is 46.0 Å². The van der Waals surface area contributed by atoms with Gasteiger partial charge in [0.1, 0.15) is 5.92 Å². The third-order valence-electron chi connectivity index (χ3n) is 3.85. The van der Waals surface area contributed by atoms with Crippen molar-refractivity contribution in [1.82, 2.24) is 4.98 Å². The lowest BCUT2D eigenvalue weighted by atomic mass is 9.77. The molecule has 6 nitrogen and oxygen atoms in total. The number of hydrogen-bond acceptors (Lipinski definition) is 6. The second kappa shape index (κ2) is 7.38. The van der Waals surface area contributed by atoms with Crippen molar-refractivity contribution in [3.63, 3.8) is 0 Å². The van der Waals surface area contributed by atoms with Crippen LogP contribution in [0.2, 0.25) is 0 Å². The molecular weight excluding hydrogens is 308 g/mol.